The van der Waals surface area contributed by atoms with Crippen LogP contribution in [0.5, 0.6) is 11.5 Å². The minimum absolute atomic E-state index is 0. The van der Waals surface area contributed by atoms with Crippen molar-refractivity contribution in [1.29, 1.82) is 0 Å². The van der Waals surface area contributed by atoms with Gasteiger partial charge in [0.2, 0.25) is 5.95 Å². The Labute approximate surface area is 219 Å². The van der Waals surface area contributed by atoms with E-state index in [1.165, 1.54) is 12.5 Å². The van der Waals surface area contributed by atoms with E-state index in [0.717, 1.165) is 57.9 Å². The van der Waals surface area contributed by atoms with Gasteiger partial charge in [0.15, 0.2) is 23.1 Å². The monoisotopic (exact) mass is 526 g/mol. The third kappa shape index (κ3) is 6.20. The fourth-order valence-electron chi connectivity index (χ4n) is 5.93. The Balaban J connectivity index is 0.00000187. The second kappa shape index (κ2) is 10.9. The van der Waals surface area contributed by atoms with Crippen molar-refractivity contribution in [2.75, 3.05) is 30.3 Å². The van der Waals surface area contributed by atoms with E-state index in [2.05, 4.69) is 44.7 Å². The van der Waals surface area contributed by atoms with Gasteiger partial charge in [0.05, 0.1) is 6.20 Å². The van der Waals surface area contributed by atoms with E-state index in [-0.39, 0.29) is 45.2 Å². The average molecular weight is 527 g/mol. The van der Waals surface area contributed by atoms with Crippen LogP contribution in [0.1, 0.15) is 56.7 Å². The van der Waals surface area contributed by atoms with Crippen molar-refractivity contribution in [3.8, 4) is 11.5 Å². The highest BCUT2D eigenvalue weighted by Gasteiger charge is 2.43. The molecule has 0 radical (unpaired) electrons. The minimum Gasteiger partial charge on any atom is -0.486 e. The highest BCUT2D eigenvalue weighted by molar-refractivity contribution is 5.60. The number of hydrogen-bond donors (Lipinski definition) is 3. The maximum absolute atomic E-state index is 14.7. The Kier molecular flexibility index (Phi) is 7.62. The predicted molar refractivity (Wildman–Crippen MR) is 142 cm³/mol. The van der Waals surface area contributed by atoms with Crippen LogP contribution in [-0.4, -0.2) is 64.8 Å². The first-order chi connectivity index (χ1) is 17.8. The number of fused-ring (bicyclic) bond motifs is 1. The summed E-state index contributed by atoms with van der Waals surface area (Å²) < 4.78 is 51.5. The van der Waals surface area contributed by atoms with Crippen molar-refractivity contribution in [1.82, 2.24) is 20.2 Å². The number of nitrogens with zero attached hydrogens (tertiary/aromatic N) is 3. The minimum atomic E-state index is -3.00. The molecule has 0 amide bonds. The smallest absolute Gasteiger partial charge is 0.387 e. The highest BCUT2D eigenvalue weighted by atomic mass is 19.3. The fourth-order valence-corrected chi connectivity index (χ4v) is 5.93. The molecule has 1 aromatic heterocycles. The Morgan fingerprint density at radius 2 is 2.00 bits per heavy atom. The molecule has 3 aliphatic heterocycles. The molecule has 3 aliphatic rings. The van der Waals surface area contributed by atoms with Gasteiger partial charge in [0, 0.05) is 33.7 Å². The van der Waals surface area contributed by atoms with Gasteiger partial charge in [-0.3, -0.25) is 4.90 Å². The summed E-state index contributed by atoms with van der Waals surface area (Å²) in [5, 5.41) is 9.52. The lowest BCUT2D eigenvalue weighted by Gasteiger charge is -2.47. The molecule has 0 spiro atoms. The fraction of sp³-hybridized carbons (Fsp3) is 0.615. The zero-order chi connectivity index (χ0) is 26.0. The first-order valence-electron chi connectivity index (χ1n) is 13.1. The molecule has 2 aromatic rings. The molecule has 0 bridgehead atoms. The molecule has 11 heteroatoms. The summed E-state index contributed by atoms with van der Waals surface area (Å²) in [7, 11) is 0. The topological polar surface area (TPSA) is 83.6 Å². The summed E-state index contributed by atoms with van der Waals surface area (Å²) in [5.74, 6) is -0.0913. The van der Waals surface area contributed by atoms with Crippen LogP contribution in [0.25, 0.3) is 0 Å². The van der Waals surface area contributed by atoms with Crippen LogP contribution in [0.15, 0.2) is 24.4 Å². The van der Waals surface area contributed by atoms with E-state index >= 15 is 0 Å². The largest absolute Gasteiger partial charge is 0.486 e. The van der Waals surface area contributed by atoms with Crippen molar-refractivity contribution >= 4 is 17.5 Å². The molecule has 5 rings (SSSR count). The molecule has 3 saturated heterocycles. The van der Waals surface area contributed by atoms with Crippen LogP contribution in [-0.2, 0) is 0 Å². The lowest BCUT2D eigenvalue weighted by molar-refractivity contribution is -0.0522. The maximum atomic E-state index is 14.7. The molecule has 1 aromatic carbocycles. The van der Waals surface area contributed by atoms with Gasteiger partial charge < -0.3 is 25.4 Å². The van der Waals surface area contributed by atoms with E-state index in [4.69, 9.17) is 9.47 Å². The lowest BCUT2D eigenvalue weighted by atomic mass is 9.84. The van der Waals surface area contributed by atoms with Crippen molar-refractivity contribution in [2.24, 2.45) is 0 Å². The maximum Gasteiger partial charge on any atom is 0.387 e. The normalized spacial score (nSPS) is 24.1. The van der Waals surface area contributed by atoms with Crippen LogP contribution < -0.4 is 25.4 Å². The van der Waals surface area contributed by atoms with E-state index in [1.54, 1.807) is 12.1 Å². The summed E-state index contributed by atoms with van der Waals surface area (Å²) in [6.45, 7) is 4.20. The molecule has 208 valence electrons. The van der Waals surface area contributed by atoms with Gasteiger partial charge in [-0.25, -0.2) is 9.37 Å². The molecule has 37 heavy (non-hydrogen) atoms. The number of anilines is 3. The van der Waals surface area contributed by atoms with Crippen LogP contribution in [0.2, 0.25) is 0 Å². The summed E-state index contributed by atoms with van der Waals surface area (Å²) in [6, 6.07) is 5.25. The Morgan fingerprint density at radius 3 is 2.78 bits per heavy atom. The number of ether oxygens (including phenoxy) is 2. The van der Waals surface area contributed by atoms with Crippen LogP contribution in [0.4, 0.5) is 30.6 Å². The van der Waals surface area contributed by atoms with Crippen molar-refractivity contribution < 1.29 is 26.9 Å². The molecule has 8 nitrogen and oxygen atoms in total. The lowest BCUT2D eigenvalue weighted by Crippen LogP contribution is -2.55. The third-order valence-corrected chi connectivity index (χ3v) is 7.54. The van der Waals surface area contributed by atoms with E-state index in [9.17, 15) is 13.2 Å². The molecule has 3 N–H and O–H groups in total. The number of hydrogen-bond acceptors (Lipinski definition) is 8. The second-order valence-electron chi connectivity index (χ2n) is 10.7. The molecular formula is C26H41F3N6O2. The Hall–Kier alpha value is -2.79. The average Bonchev–Trinajstić information content (AvgIpc) is 3.33. The van der Waals surface area contributed by atoms with E-state index in [1.807, 2.05) is 0 Å². The Bertz CT molecular complexity index is 1100. The summed E-state index contributed by atoms with van der Waals surface area (Å²) in [6.07, 6.45) is 6.75. The number of halogens is 3. The van der Waals surface area contributed by atoms with Crippen LogP contribution in [0.3, 0.4) is 0 Å². The van der Waals surface area contributed by atoms with Gasteiger partial charge in [-0.2, -0.15) is 13.8 Å². The standard InChI is InChI=1S/C26H35F3N6O2.3H2/c1-26(2)14-17(12-18-4-3-11-35(18)26)32-23-20(27)15-31-25(34-23)33-16-5-6-21(22(13-16)37-24(28)29)36-19-7-9-30-10-8-19;;;/h5-6,13,15,17-19,24,30H,3-4,7-12,14H2,1-2H3,(H2,31,32,33,34);3*1H/t17-,18+;;;/m1.../s1. The molecule has 0 unspecified atom stereocenters. The zero-order valence-corrected chi connectivity index (χ0v) is 21.3. The SMILES string of the molecule is CC1(C)C[C@H](Nc2nc(Nc3ccc(OC4CCNCC4)c(OC(F)F)c3)ncc2F)C[C@@H]2CCCN21.[HH].[HH].[HH]. The van der Waals surface area contributed by atoms with Gasteiger partial charge in [-0.05, 0) is 84.1 Å². The van der Waals surface area contributed by atoms with Gasteiger partial charge in [-0.1, -0.05) is 0 Å². The van der Waals surface area contributed by atoms with Gasteiger partial charge >= 0.3 is 6.61 Å². The van der Waals surface area contributed by atoms with E-state index < -0.39 is 12.4 Å². The van der Waals surface area contributed by atoms with Gasteiger partial charge in [-0.15, -0.1) is 0 Å². The summed E-state index contributed by atoms with van der Waals surface area (Å²) in [4.78, 5) is 11.0. The Morgan fingerprint density at radius 1 is 1.19 bits per heavy atom. The van der Waals surface area contributed by atoms with E-state index in [0.29, 0.717) is 11.7 Å². The zero-order valence-electron chi connectivity index (χ0n) is 21.3. The molecule has 4 heterocycles. The molecule has 3 fully saturated rings. The number of piperidine rings is 2. The number of benzene rings is 1. The number of rotatable bonds is 8. The van der Waals surface area contributed by atoms with Crippen molar-refractivity contribution in [3.63, 3.8) is 0 Å². The molecular weight excluding hydrogens is 485 g/mol. The van der Waals surface area contributed by atoms with Crippen molar-refractivity contribution in [3.05, 3.63) is 30.2 Å². The van der Waals surface area contributed by atoms with Crippen LogP contribution in [0, 0.1) is 5.82 Å². The first-order valence-corrected chi connectivity index (χ1v) is 13.1. The molecule has 2 atom stereocenters. The predicted octanol–water partition coefficient (Wildman–Crippen LogP) is 5.65. The summed E-state index contributed by atoms with van der Waals surface area (Å²) in [5.41, 5.74) is 0.451. The van der Waals surface area contributed by atoms with Crippen molar-refractivity contribution in [2.45, 2.75) is 82.7 Å². The molecule has 0 aliphatic carbocycles. The number of alkyl halides is 2. The van der Waals surface area contributed by atoms with Crippen LogP contribution >= 0.6 is 0 Å². The molecule has 0 saturated carbocycles. The highest BCUT2D eigenvalue weighted by Crippen LogP contribution is 2.39. The third-order valence-electron chi connectivity index (χ3n) is 7.54. The van der Waals surface area contributed by atoms with Gasteiger partial charge in [0.1, 0.15) is 6.10 Å². The number of aromatic nitrogens is 2. The quantitative estimate of drug-likeness (QED) is 0.407. The first kappa shape index (κ1) is 25.8. The number of nitrogens with one attached hydrogen (secondary N) is 3. The summed E-state index contributed by atoms with van der Waals surface area (Å²) >= 11 is 0. The second-order valence-corrected chi connectivity index (χ2v) is 10.7. The van der Waals surface area contributed by atoms with Gasteiger partial charge in [0.25, 0.3) is 0 Å².